The highest BCUT2D eigenvalue weighted by Gasteiger charge is 2.25. The van der Waals surface area contributed by atoms with E-state index in [0.717, 1.165) is 6.42 Å². The van der Waals surface area contributed by atoms with Gasteiger partial charge in [0, 0.05) is 19.4 Å². The summed E-state index contributed by atoms with van der Waals surface area (Å²) in [7, 11) is 0. The minimum Gasteiger partial charge on any atom is -0.481 e. The van der Waals surface area contributed by atoms with E-state index in [1.54, 1.807) is 0 Å². The van der Waals surface area contributed by atoms with Gasteiger partial charge in [-0.25, -0.2) is 14.4 Å². The van der Waals surface area contributed by atoms with Gasteiger partial charge >= 0.3 is 23.9 Å². The Morgan fingerprint density at radius 3 is 2.03 bits per heavy atom. The molecule has 0 aromatic heterocycles. The normalized spacial score (nSPS) is 14.3. The quantitative estimate of drug-likeness (QED) is 0.123. The second kappa shape index (κ2) is 16.6. The molecule has 3 amide bonds. The Kier molecular flexibility index (Phi) is 15.2. The predicted octanol–water partition coefficient (Wildman–Crippen LogP) is 0.268. The molecule has 0 fully saturated rings. The fourth-order valence-corrected chi connectivity index (χ4v) is 2.98. The van der Waals surface area contributed by atoms with Crippen LogP contribution in [0.3, 0.4) is 0 Å². The number of ether oxygens (including phenoxy) is 1. The average molecular weight is 491 g/mol. The van der Waals surface area contributed by atoms with Gasteiger partial charge in [-0.05, 0) is 52.0 Å². The molecule has 0 saturated heterocycles. The van der Waals surface area contributed by atoms with Gasteiger partial charge in [0.2, 0.25) is 5.91 Å². The Labute approximate surface area is 198 Å². The molecule has 1 unspecified atom stereocenters. The molecule has 0 radical (unpaired) electrons. The van der Waals surface area contributed by atoms with Gasteiger partial charge in [-0.3, -0.25) is 9.59 Å². The van der Waals surface area contributed by atoms with Crippen LogP contribution in [-0.2, 0) is 23.9 Å². The van der Waals surface area contributed by atoms with Crippen LogP contribution in [0.2, 0.25) is 0 Å². The SMILES string of the molecule is CCC(C)(CCN)OCCC(=O)NCCCC[C@H](NC(=O)N[C@@H](CCC(=O)O)C(=O)O)C(=O)O. The maximum absolute atomic E-state index is 12.0. The molecule has 0 rings (SSSR count). The fourth-order valence-electron chi connectivity index (χ4n) is 2.98. The molecular weight excluding hydrogens is 452 g/mol. The first-order valence-corrected chi connectivity index (χ1v) is 11.3. The molecule has 0 aliphatic heterocycles. The molecular formula is C21H38N4O9. The van der Waals surface area contributed by atoms with Crippen molar-refractivity contribution in [3.05, 3.63) is 0 Å². The summed E-state index contributed by atoms with van der Waals surface area (Å²) >= 11 is 0. The molecule has 0 heterocycles. The van der Waals surface area contributed by atoms with Crippen molar-refractivity contribution in [2.45, 2.75) is 82.9 Å². The monoisotopic (exact) mass is 490 g/mol. The summed E-state index contributed by atoms with van der Waals surface area (Å²) in [5.41, 5.74) is 5.21. The van der Waals surface area contributed by atoms with Crippen LogP contribution in [0.25, 0.3) is 0 Å². The molecule has 196 valence electrons. The Bertz CT molecular complexity index is 689. The highest BCUT2D eigenvalue weighted by atomic mass is 16.5. The number of rotatable bonds is 19. The molecule has 3 atom stereocenters. The van der Waals surface area contributed by atoms with Crippen molar-refractivity contribution in [2.75, 3.05) is 19.7 Å². The maximum Gasteiger partial charge on any atom is 0.326 e. The molecule has 0 aromatic rings. The van der Waals surface area contributed by atoms with Crippen LogP contribution in [0.4, 0.5) is 4.79 Å². The predicted molar refractivity (Wildman–Crippen MR) is 121 cm³/mol. The van der Waals surface area contributed by atoms with Crippen molar-refractivity contribution >= 4 is 29.8 Å². The smallest absolute Gasteiger partial charge is 0.326 e. The second-order valence-corrected chi connectivity index (χ2v) is 8.12. The van der Waals surface area contributed by atoms with Gasteiger partial charge in [0.05, 0.1) is 12.2 Å². The van der Waals surface area contributed by atoms with Gasteiger partial charge in [-0.2, -0.15) is 0 Å². The number of carboxylic acid groups (broad SMARTS) is 3. The van der Waals surface area contributed by atoms with Crippen LogP contribution in [0.15, 0.2) is 0 Å². The minimum absolute atomic E-state index is 0.0581. The molecule has 13 nitrogen and oxygen atoms in total. The number of hydrogen-bond acceptors (Lipinski definition) is 7. The molecule has 0 bridgehead atoms. The highest BCUT2D eigenvalue weighted by Crippen LogP contribution is 2.19. The number of aliphatic carboxylic acids is 3. The van der Waals surface area contributed by atoms with Gasteiger partial charge < -0.3 is 41.7 Å². The van der Waals surface area contributed by atoms with E-state index in [-0.39, 0.29) is 37.4 Å². The van der Waals surface area contributed by atoms with Crippen LogP contribution in [0.5, 0.6) is 0 Å². The van der Waals surface area contributed by atoms with E-state index in [1.165, 1.54) is 0 Å². The van der Waals surface area contributed by atoms with Gasteiger partial charge in [0.1, 0.15) is 12.1 Å². The molecule has 0 aromatic carbocycles. The highest BCUT2D eigenvalue weighted by molar-refractivity contribution is 5.86. The van der Waals surface area contributed by atoms with E-state index < -0.39 is 42.4 Å². The topological polar surface area (TPSA) is 217 Å². The number of carbonyl (C=O) groups excluding carboxylic acids is 2. The lowest BCUT2D eigenvalue weighted by molar-refractivity contribution is -0.140. The van der Waals surface area contributed by atoms with Crippen LogP contribution in [0.1, 0.15) is 65.2 Å². The molecule has 34 heavy (non-hydrogen) atoms. The van der Waals surface area contributed by atoms with E-state index in [1.807, 2.05) is 13.8 Å². The van der Waals surface area contributed by atoms with Crippen LogP contribution >= 0.6 is 0 Å². The average Bonchev–Trinajstić information content (AvgIpc) is 2.75. The number of urea groups is 1. The third-order valence-corrected chi connectivity index (χ3v) is 5.30. The van der Waals surface area contributed by atoms with Crippen LogP contribution in [0, 0.1) is 0 Å². The fraction of sp³-hybridized carbons (Fsp3) is 0.762. The number of nitrogens with one attached hydrogen (secondary N) is 3. The van der Waals surface area contributed by atoms with Crippen LogP contribution < -0.4 is 21.7 Å². The largest absolute Gasteiger partial charge is 0.481 e. The van der Waals surface area contributed by atoms with Crippen molar-refractivity contribution in [3.63, 3.8) is 0 Å². The second-order valence-electron chi connectivity index (χ2n) is 8.12. The van der Waals surface area contributed by atoms with Crippen molar-refractivity contribution in [2.24, 2.45) is 5.73 Å². The van der Waals surface area contributed by atoms with Crippen molar-refractivity contribution < 1.29 is 44.0 Å². The first-order chi connectivity index (χ1) is 15.9. The zero-order chi connectivity index (χ0) is 26.1. The summed E-state index contributed by atoms with van der Waals surface area (Å²) in [6, 6.07) is -3.75. The molecule has 0 aliphatic carbocycles. The summed E-state index contributed by atoms with van der Waals surface area (Å²) < 4.78 is 5.76. The number of carboxylic acids is 3. The zero-order valence-corrected chi connectivity index (χ0v) is 19.8. The van der Waals surface area contributed by atoms with Crippen molar-refractivity contribution in [1.82, 2.24) is 16.0 Å². The summed E-state index contributed by atoms with van der Waals surface area (Å²) in [6.45, 7) is 5.02. The Morgan fingerprint density at radius 2 is 1.53 bits per heavy atom. The first kappa shape index (κ1) is 31.1. The van der Waals surface area contributed by atoms with E-state index in [2.05, 4.69) is 16.0 Å². The van der Waals surface area contributed by atoms with Crippen LogP contribution in [-0.4, -0.2) is 82.5 Å². The Balaban J connectivity index is 4.30. The van der Waals surface area contributed by atoms with E-state index in [4.69, 9.17) is 20.7 Å². The number of hydrogen-bond donors (Lipinski definition) is 7. The number of carbonyl (C=O) groups is 5. The standard InChI is InChI=1S/C21H38N4O9/c1-3-21(2,10-11-22)34-13-9-16(26)23-12-5-4-6-14(18(29)30)24-20(33)25-15(19(31)32)7-8-17(27)28/h14-15H,3-13,22H2,1-2H3,(H,23,26)(H,27,28)(H,29,30)(H,31,32)(H2,24,25,33)/t14-,15-,21?/m0/s1. The third-order valence-electron chi connectivity index (χ3n) is 5.30. The van der Waals surface area contributed by atoms with Gasteiger partial charge in [-0.1, -0.05) is 6.92 Å². The Hall–Kier alpha value is -2.93. The number of amides is 3. The number of nitrogens with two attached hydrogens (primary N) is 1. The molecule has 13 heteroatoms. The zero-order valence-electron chi connectivity index (χ0n) is 19.8. The summed E-state index contributed by atoms with van der Waals surface area (Å²) in [5.74, 6) is -4.14. The lowest BCUT2D eigenvalue weighted by Crippen LogP contribution is -2.51. The van der Waals surface area contributed by atoms with Gasteiger partial charge in [-0.15, -0.1) is 0 Å². The summed E-state index contributed by atoms with van der Waals surface area (Å²) in [5, 5.41) is 33.9. The molecule has 8 N–H and O–H groups in total. The molecule has 0 aliphatic rings. The summed E-state index contributed by atoms with van der Waals surface area (Å²) in [4.78, 5) is 57.0. The lowest BCUT2D eigenvalue weighted by atomic mass is 9.99. The molecule has 0 spiro atoms. The summed E-state index contributed by atoms with van der Waals surface area (Å²) in [6.07, 6.45) is 1.75. The molecule has 0 saturated carbocycles. The van der Waals surface area contributed by atoms with Gasteiger partial charge in [0.15, 0.2) is 0 Å². The Morgan fingerprint density at radius 1 is 0.941 bits per heavy atom. The van der Waals surface area contributed by atoms with Crippen molar-refractivity contribution in [3.8, 4) is 0 Å². The minimum atomic E-state index is -1.46. The maximum atomic E-state index is 12.0. The third kappa shape index (κ3) is 14.3. The first-order valence-electron chi connectivity index (χ1n) is 11.3. The van der Waals surface area contributed by atoms with Gasteiger partial charge in [0.25, 0.3) is 0 Å². The lowest BCUT2D eigenvalue weighted by Gasteiger charge is -2.28. The van der Waals surface area contributed by atoms with E-state index in [9.17, 15) is 29.1 Å². The van der Waals surface area contributed by atoms with E-state index in [0.29, 0.717) is 32.4 Å². The van der Waals surface area contributed by atoms with Crippen molar-refractivity contribution in [1.29, 1.82) is 0 Å². The van der Waals surface area contributed by atoms with E-state index >= 15 is 0 Å². The number of unbranched alkanes of at least 4 members (excludes halogenated alkanes) is 1.